The van der Waals surface area contributed by atoms with Gasteiger partial charge >= 0.3 is 6.18 Å². The predicted molar refractivity (Wildman–Crippen MR) is 65.8 cm³/mol. The van der Waals surface area contributed by atoms with E-state index in [1.807, 2.05) is 0 Å². The van der Waals surface area contributed by atoms with Crippen molar-refractivity contribution in [2.24, 2.45) is 17.8 Å². The first-order valence-corrected chi connectivity index (χ1v) is 6.52. The van der Waals surface area contributed by atoms with Crippen molar-refractivity contribution in [3.63, 3.8) is 0 Å². The van der Waals surface area contributed by atoms with E-state index in [2.05, 4.69) is 18.8 Å². The zero-order chi connectivity index (χ0) is 14.0. The first-order valence-electron chi connectivity index (χ1n) is 6.52. The molecular weight excluding hydrogens is 255 g/mol. The third kappa shape index (κ3) is 3.61. The number of halogens is 3. The number of alkyl halides is 3. The predicted octanol–water partition coefficient (Wildman–Crippen LogP) is 4.16. The Bertz CT molecular complexity index is 408. The summed E-state index contributed by atoms with van der Waals surface area (Å²) in [7, 11) is 0. The second kappa shape index (κ2) is 5.39. The van der Waals surface area contributed by atoms with Gasteiger partial charge in [-0.25, -0.2) is 4.98 Å². The van der Waals surface area contributed by atoms with Gasteiger partial charge in [0.2, 0.25) is 0 Å². The van der Waals surface area contributed by atoms with Crippen molar-refractivity contribution in [3.8, 4) is 5.75 Å². The molecule has 106 valence electrons. The van der Waals surface area contributed by atoms with E-state index in [9.17, 15) is 13.2 Å². The number of rotatable bonds is 4. The zero-order valence-electron chi connectivity index (χ0n) is 11.1. The van der Waals surface area contributed by atoms with Crippen molar-refractivity contribution in [1.29, 1.82) is 0 Å². The van der Waals surface area contributed by atoms with Crippen LogP contribution in [0, 0.1) is 17.8 Å². The van der Waals surface area contributed by atoms with E-state index < -0.39 is 11.9 Å². The molecule has 1 aliphatic rings. The largest absolute Gasteiger partial charge is 0.492 e. The van der Waals surface area contributed by atoms with E-state index in [0.29, 0.717) is 24.2 Å². The molecule has 0 aromatic carbocycles. The van der Waals surface area contributed by atoms with Gasteiger partial charge in [-0.05, 0) is 42.7 Å². The van der Waals surface area contributed by atoms with E-state index in [-0.39, 0.29) is 0 Å². The van der Waals surface area contributed by atoms with E-state index in [0.717, 1.165) is 31.0 Å². The van der Waals surface area contributed by atoms with E-state index in [1.54, 1.807) is 0 Å². The minimum atomic E-state index is -4.39. The highest BCUT2D eigenvalue weighted by Crippen LogP contribution is 2.38. The van der Waals surface area contributed by atoms with Gasteiger partial charge in [0.1, 0.15) is 11.4 Å². The number of aromatic nitrogens is 1. The Morgan fingerprint density at radius 3 is 2.47 bits per heavy atom. The molecule has 0 saturated heterocycles. The lowest BCUT2D eigenvalue weighted by Crippen LogP contribution is -2.31. The van der Waals surface area contributed by atoms with Crippen molar-refractivity contribution in [2.45, 2.75) is 32.9 Å². The van der Waals surface area contributed by atoms with Crippen molar-refractivity contribution in [2.75, 3.05) is 6.61 Å². The molecule has 0 spiro atoms. The fourth-order valence-corrected chi connectivity index (χ4v) is 2.32. The molecule has 0 aliphatic heterocycles. The van der Waals surface area contributed by atoms with E-state index in [4.69, 9.17) is 4.74 Å². The van der Waals surface area contributed by atoms with Gasteiger partial charge in [-0.15, -0.1) is 0 Å². The third-order valence-corrected chi connectivity index (χ3v) is 3.73. The molecule has 1 heterocycles. The summed E-state index contributed by atoms with van der Waals surface area (Å²) in [5, 5.41) is 0. The first kappa shape index (κ1) is 14.2. The van der Waals surface area contributed by atoms with Gasteiger partial charge in [0, 0.05) is 0 Å². The Balaban J connectivity index is 1.79. The Hall–Kier alpha value is -1.26. The normalized spacial score (nSPS) is 23.3. The van der Waals surface area contributed by atoms with Gasteiger partial charge in [0.15, 0.2) is 0 Å². The van der Waals surface area contributed by atoms with E-state index >= 15 is 0 Å². The number of nitrogens with zero attached hydrogens (tertiary/aromatic N) is 1. The fraction of sp³-hybridized carbons (Fsp3) is 0.643. The zero-order valence-corrected chi connectivity index (χ0v) is 11.1. The molecule has 2 nitrogen and oxygen atoms in total. The molecule has 0 unspecified atom stereocenters. The quantitative estimate of drug-likeness (QED) is 0.821. The van der Waals surface area contributed by atoms with Crippen LogP contribution in [0.2, 0.25) is 0 Å². The molecule has 5 heteroatoms. The van der Waals surface area contributed by atoms with Crippen LogP contribution in [0.5, 0.6) is 5.75 Å². The average Bonchev–Trinajstić information content (AvgIpc) is 2.25. The molecule has 2 rings (SSSR count). The van der Waals surface area contributed by atoms with Crippen molar-refractivity contribution >= 4 is 0 Å². The molecule has 0 N–H and O–H groups in total. The van der Waals surface area contributed by atoms with Crippen molar-refractivity contribution < 1.29 is 17.9 Å². The third-order valence-electron chi connectivity index (χ3n) is 3.73. The maximum absolute atomic E-state index is 12.3. The standard InChI is InChI=1S/C14H18F3NO/c1-9(2)11-5-10(6-11)8-19-12-3-4-13(18-7-12)14(15,16)17/h3-4,7,9-11H,5-6,8H2,1-2H3. The van der Waals surface area contributed by atoms with Gasteiger partial charge in [-0.1, -0.05) is 13.8 Å². The molecule has 0 amide bonds. The van der Waals surface area contributed by atoms with Crippen LogP contribution < -0.4 is 4.74 Å². The number of pyridine rings is 1. The molecule has 0 atom stereocenters. The average molecular weight is 273 g/mol. The summed E-state index contributed by atoms with van der Waals surface area (Å²) in [5.41, 5.74) is -0.886. The van der Waals surface area contributed by atoms with Crippen LogP contribution in [0.1, 0.15) is 32.4 Å². The van der Waals surface area contributed by atoms with Crippen LogP contribution in [-0.4, -0.2) is 11.6 Å². The molecule has 1 saturated carbocycles. The summed E-state index contributed by atoms with van der Waals surface area (Å²) in [6.07, 6.45) is -0.962. The lowest BCUT2D eigenvalue weighted by atomic mass is 9.70. The summed E-state index contributed by atoms with van der Waals surface area (Å²) in [6, 6.07) is 2.28. The van der Waals surface area contributed by atoms with Gasteiger partial charge < -0.3 is 4.74 Å². The highest BCUT2D eigenvalue weighted by atomic mass is 19.4. The maximum atomic E-state index is 12.3. The van der Waals surface area contributed by atoms with Crippen molar-refractivity contribution in [1.82, 2.24) is 4.98 Å². The molecule has 0 bridgehead atoms. The van der Waals surface area contributed by atoms with Crippen LogP contribution in [0.4, 0.5) is 13.2 Å². The minimum absolute atomic E-state index is 0.404. The highest BCUT2D eigenvalue weighted by molar-refractivity contribution is 5.21. The maximum Gasteiger partial charge on any atom is 0.433 e. The van der Waals surface area contributed by atoms with Crippen LogP contribution in [0.15, 0.2) is 18.3 Å². The second-order valence-electron chi connectivity index (χ2n) is 5.53. The fourth-order valence-electron chi connectivity index (χ4n) is 2.32. The minimum Gasteiger partial charge on any atom is -0.492 e. The van der Waals surface area contributed by atoms with Crippen LogP contribution in [0.25, 0.3) is 0 Å². The van der Waals surface area contributed by atoms with Crippen LogP contribution >= 0.6 is 0 Å². The highest BCUT2D eigenvalue weighted by Gasteiger charge is 2.33. The van der Waals surface area contributed by atoms with Gasteiger partial charge in [0.25, 0.3) is 0 Å². The van der Waals surface area contributed by atoms with Gasteiger partial charge in [-0.3, -0.25) is 0 Å². The number of ether oxygens (including phenoxy) is 1. The summed E-state index contributed by atoms with van der Waals surface area (Å²) in [5.74, 6) is 2.39. The summed E-state index contributed by atoms with van der Waals surface area (Å²) in [4.78, 5) is 3.36. The Morgan fingerprint density at radius 2 is 2.00 bits per heavy atom. The molecule has 1 aromatic rings. The SMILES string of the molecule is CC(C)C1CC(COc2ccc(C(F)(F)F)nc2)C1. The van der Waals surface area contributed by atoms with E-state index in [1.165, 1.54) is 6.07 Å². The number of hydrogen-bond donors (Lipinski definition) is 0. The molecule has 19 heavy (non-hydrogen) atoms. The Morgan fingerprint density at radius 1 is 1.32 bits per heavy atom. The second-order valence-corrected chi connectivity index (χ2v) is 5.53. The lowest BCUT2D eigenvalue weighted by molar-refractivity contribution is -0.141. The summed E-state index contributed by atoms with van der Waals surface area (Å²) in [6.45, 7) is 4.99. The molecular formula is C14H18F3NO. The topological polar surface area (TPSA) is 22.1 Å². The van der Waals surface area contributed by atoms with Gasteiger partial charge in [0.05, 0.1) is 12.8 Å². The smallest absolute Gasteiger partial charge is 0.433 e. The summed E-state index contributed by atoms with van der Waals surface area (Å²) >= 11 is 0. The van der Waals surface area contributed by atoms with Crippen molar-refractivity contribution in [3.05, 3.63) is 24.0 Å². The first-order chi connectivity index (χ1) is 8.86. The molecule has 0 radical (unpaired) electrons. The molecule has 1 aliphatic carbocycles. The monoisotopic (exact) mass is 273 g/mol. The summed E-state index contributed by atoms with van der Waals surface area (Å²) < 4.78 is 42.4. The van der Waals surface area contributed by atoms with Crippen LogP contribution in [0.3, 0.4) is 0 Å². The molecule has 1 fully saturated rings. The number of hydrogen-bond acceptors (Lipinski definition) is 2. The Labute approximate surface area is 111 Å². The molecule has 1 aromatic heterocycles. The van der Waals surface area contributed by atoms with Gasteiger partial charge in [-0.2, -0.15) is 13.2 Å². The Kier molecular flexibility index (Phi) is 4.02. The van der Waals surface area contributed by atoms with Crippen LogP contribution in [-0.2, 0) is 6.18 Å². The lowest BCUT2D eigenvalue weighted by Gasteiger charge is -2.37.